The topological polar surface area (TPSA) is 84.2 Å². The van der Waals surface area contributed by atoms with Crippen LogP contribution in [0, 0.1) is 6.92 Å². The molecule has 1 aromatic heterocycles. The van der Waals surface area contributed by atoms with Gasteiger partial charge in [0.2, 0.25) is 5.91 Å². The number of rotatable bonds is 5. The second-order valence-corrected chi connectivity index (χ2v) is 7.23. The molecule has 0 saturated carbocycles. The Morgan fingerprint density at radius 3 is 2.40 bits per heavy atom. The largest absolute Gasteiger partial charge is 0.361 e. The van der Waals surface area contributed by atoms with Crippen LogP contribution in [0.5, 0.6) is 0 Å². The van der Waals surface area contributed by atoms with Crippen LogP contribution < -0.4 is 10.6 Å². The molecule has 0 atom stereocenters. The number of aryl methyl sites for hydroxylation is 1. The molecule has 0 unspecified atom stereocenters. The van der Waals surface area contributed by atoms with Gasteiger partial charge in [0, 0.05) is 17.0 Å². The quantitative estimate of drug-likeness (QED) is 0.855. The fourth-order valence-electron chi connectivity index (χ4n) is 2.27. The zero-order valence-electron chi connectivity index (χ0n) is 14.8. The molecule has 0 aliphatic carbocycles. The highest BCUT2D eigenvalue weighted by atomic mass is 35.5. The predicted molar refractivity (Wildman–Crippen MR) is 95.6 cm³/mol. The van der Waals surface area contributed by atoms with E-state index >= 15 is 0 Å². The lowest BCUT2D eigenvalue weighted by Crippen LogP contribution is -2.37. The highest BCUT2D eigenvalue weighted by Gasteiger charge is 2.28. The van der Waals surface area contributed by atoms with Crippen molar-refractivity contribution in [3.8, 4) is 0 Å². The minimum atomic E-state index is -0.370. The normalized spacial score (nSPS) is 11.2. The van der Waals surface area contributed by atoms with E-state index in [9.17, 15) is 9.59 Å². The molecule has 0 spiro atoms. The zero-order chi connectivity index (χ0) is 18.6. The van der Waals surface area contributed by atoms with Crippen LogP contribution in [0.15, 0.2) is 28.8 Å². The number of nitrogens with one attached hydrogen (secondary N) is 2. The van der Waals surface area contributed by atoms with Crippen molar-refractivity contribution in [1.29, 1.82) is 0 Å². The number of carbonyl (C=O) groups excluding carboxylic acids is 2. The standard InChI is InChI=1S/C18H22ClN3O3/c1-11-15(16(22-25-11)18(2,3)4)17(24)21-10-14(23)20-9-12-5-7-13(19)8-6-12/h5-8H,9-10H2,1-4H3,(H,20,23)(H,21,24). The van der Waals surface area contributed by atoms with Crippen molar-refractivity contribution in [3.63, 3.8) is 0 Å². The molecule has 7 heteroatoms. The summed E-state index contributed by atoms with van der Waals surface area (Å²) in [6.45, 7) is 7.75. The molecular weight excluding hydrogens is 342 g/mol. The lowest BCUT2D eigenvalue weighted by atomic mass is 9.88. The Bertz CT molecular complexity index is 761. The molecule has 0 aliphatic heterocycles. The van der Waals surface area contributed by atoms with Crippen LogP contribution in [0.25, 0.3) is 0 Å². The van der Waals surface area contributed by atoms with Crippen molar-refractivity contribution in [2.75, 3.05) is 6.54 Å². The Labute approximate surface area is 151 Å². The van der Waals surface area contributed by atoms with E-state index in [0.717, 1.165) is 5.56 Å². The first kappa shape index (κ1) is 19.0. The molecule has 2 rings (SSSR count). The van der Waals surface area contributed by atoms with E-state index in [1.165, 1.54) is 0 Å². The van der Waals surface area contributed by atoms with Gasteiger partial charge in [-0.2, -0.15) is 0 Å². The predicted octanol–water partition coefficient (Wildman–Crippen LogP) is 2.98. The summed E-state index contributed by atoms with van der Waals surface area (Å²) < 4.78 is 5.14. The average Bonchev–Trinajstić information content (AvgIpc) is 2.94. The van der Waals surface area contributed by atoms with E-state index in [0.29, 0.717) is 28.6 Å². The van der Waals surface area contributed by atoms with Crippen LogP contribution in [0.4, 0.5) is 0 Å². The number of carbonyl (C=O) groups is 2. The Balaban J connectivity index is 1.91. The van der Waals surface area contributed by atoms with Crippen molar-refractivity contribution in [3.05, 3.63) is 51.9 Å². The summed E-state index contributed by atoms with van der Waals surface area (Å²) >= 11 is 5.82. The van der Waals surface area contributed by atoms with Crippen LogP contribution in [0.2, 0.25) is 5.02 Å². The summed E-state index contributed by atoms with van der Waals surface area (Å²) in [6.07, 6.45) is 0. The molecule has 2 N–H and O–H groups in total. The molecular formula is C18H22ClN3O3. The lowest BCUT2D eigenvalue weighted by Gasteiger charge is -2.16. The van der Waals surface area contributed by atoms with Crippen LogP contribution in [0.3, 0.4) is 0 Å². The number of aromatic nitrogens is 1. The summed E-state index contributed by atoms with van der Waals surface area (Å²) in [5, 5.41) is 9.97. The van der Waals surface area contributed by atoms with Gasteiger partial charge in [0.1, 0.15) is 17.0 Å². The molecule has 25 heavy (non-hydrogen) atoms. The molecule has 2 amide bonds. The minimum absolute atomic E-state index is 0.124. The van der Waals surface area contributed by atoms with E-state index in [1.54, 1.807) is 19.1 Å². The van der Waals surface area contributed by atoms with Crippen molar-refractivity contribution < 1.29 is 14.1 Å². The first-order valence-corrected chi connectivity index (χ1v) is 8.32. The molecule has 134 valence electrons. The highest BCUT2D eigenvalue weighted by Crippen LogP contribution is 2.26. The molecule has 1 heterocycles. The van der Waals surface area contributed by atoms with E-state index in [4.69, 9.17) is 16.1 Å². The second kappa shape index (κ2) is 7.70. The van der Waals surface area contributed by atoms with E-state index in [-0.39, 0.29) is 23.8 Å². The minimum Gasteiger partial charge on any atom is -0.361 e. The maximum absolute atomic E-state index is 12.4. The summed E-state index contributed by atoms with van der Waals surface area (Å²) in [6, 6.07) is 7.18. The van der Waals surface area contributed by atoms with Gasteiger partial charge in [-0.1, -0.05) is 49.7 Å². The number of halogens is 1. The Kier molecular flexibility index (Phi) is 5.85. The molecule has 0 aliphatic rings. The number of nitrogens with zero attached hydrogens (tertiary/aromatic N) is 1. The van der Waals surface area contributed by atoms with Gasteiger partial charge < -0.3 is 15.2 Å². The van der Waals surface area contributed by atoms with Crippen molar-refractivity contribution in [2.24, 2.45) is 0 Å². The molecule has 0 saturated heterocycles. The molecule has 0 bridgehead atoms. The van der Waals surface area contributed by atoms with Crippen LogP contribution in [-0.4, -0.2) is 23.5 Å². The SMILES string of the molecule is Cc1onc(C(C)(C)C)c1C(=O)NCC(=O)NCc1ccc(Cl)cc1. The van der Waals surface area contributed by atoms with Crippen LogP contribution in [-0.2, 0) is 16.8 Å². The smallest absolute Gasteiger partial charge is 0.257 e. The van der Waals surface area contributed by atoms with E-state index < -0.39 is 0 Å². The van der Waals surface area contributed by atoms with Gasteiger partial charge in [-0.3, -0.25) is 9.59 Å². The fraction of sp³-hybridized carbons (Fsp3) is 0.389. The van der Waals surface area contributed by atoms with E-state index in [1.807, 2.05) is 32.9 Å². The Hall–Kier alpha value is -2.34. The van der Waals surface area contributed by atoms with E-state index in [2.05, 4.69) is 15.8 Å². The van der Waals surface area contributed by atoms with Gasteiger partial charge in [0.25, 0.3) is 5.91 Å². The Morgan fingerprint density at radius 2 is 1.80 bits per heavy atom. The molecule has 0 radical (unpaired) electrons. The average molecular weight is 364 g/mol. The third-order valence-corrected chi connectivity index (χ3v) is 3.86. The molecule has 1 aromatic carbocycles. The summed E-state index contributed by atoms with van der Waals surface area (Å²) in [4.78, 5) is 24.3. The number of benzene rings is 1. The van der Waals surface area contributed by atoms with Crippen LogP contribution >= 0.6 is 11.6 Å². The maximum atomic E-state index is 12.4. The number of amides is 2. The van der Waals surface area contributed by atoms with Crippen molar-refractivity contribution in [2.45, 2.75) is 39.7 Å². The van der Waals surface area contributed by atoms with Gasteiger partial charge >= 0.3 is 0 Å². The van der Waals surface area contributed by atoms with Gasteiger partial charge in [0.05, 0.1) is 6.54 Å². The van der Waals surface area contributed by atoms with Crippen LogP contribution in [0.1, 0.15) is 48.1 Å². The monoisotopic (exact) mass is 363 g/mol. The maximum Gasteiger partial charge on any atom is 0.257 e. The van der Waals surface area contributed by atoms with Gasteiger partial charge in [-0.05, 0) is 24.6 Å². The third-order valence-electron chi connectivity index (χ3n) is 3.61. The van der Waals surface area contributed by atoms with Gasteiger partial charge in [-0.25, -0.2) is 0 Å². The second-order valence-electron chi connectivity index (χ2n) is 6.80. The molecule has 2 aromatic rings. The number of hydrogen-bond donors (Lipinski definition) is 2. The fourth-order valence-corrected chi connectivity index (χ4v) is 2.39. The molecule has 6 nitrogen and oxygen atoms in total. The first-order valence-electron chi connectivity index (χ1n) is 7.94. The van der Waals surface area contributed by atoms with Gasteiger partial charge in [0.15, 0.2) is 0 Å². The van der Waals surface area contributed by atoms with Crippen molar-refractivity contribution >= 4 is 23.4 Å². The van der Waals surface area contributed by atoms with Crippen molar-refractivity contribution in [1.82, 2.24) is 15.8 Å². The summed E-state index contributed by atoms with van der Waals surface area (Å²) in [7, 11) is 0. The number of hydrogen-bond acceptors (Lipinski definition) is 4. The summed E-state index contributed by atoms with van der Waals surface area (Å²) in [5.41, 5.74) is 1.55. The summed E-state index contributed by atoms with van der Waals surface area (Å²) in [5.74, 6) is -0.218. The highest BCUT2D eigenvalue weighted by molar-refractivity contribution is 6.30. The lowest BCUT2D eigenvalue weighted by molar-refractivity contribution is -0.120. The third kappa shape index (κ3) is 5.06. The molecule has 0 fully saturated rings. The zero-order valence-corrected chi connectivity index (χ0v) is 15.5. The van der Waals surface area contributed by atoms with Gasteiger partial charge in [-0.15, -0.1) is 0 Å². The first-order chi connectivity index (χ1) is 11.7. The Morgan fingerprint density at radius 1 is 1.16 bits per heavy atom.